The Balaban J connectivity index is 1.34. The van der Waals surface area contributed by atoms with Crippen LogP contribution in [0.3, 0.4) is 0 Å². The Morgan fingerprint density at radius 1 is 0.667 bits per heavy atom. The third-order valence-electron chi connectivity index (χ3n) is 9.37. The molecule has 5 nitrogen and oxygen atoms in total. The Morgan fingerprint density at radius 3 is 2.17 bits per heavy atom. The minimum Gasteiger partial charge on any atom is -0.457 e. The van der Waals surface area contributed by atoms with Crippen LogP contribution in [-0.4, -0.2) is 19.3 Å². The number of hydrogen-bond donors (Lipinski definition) is 0. The highest BCUT2D eigenvalue weighted by Gasteiger charge is 2.23. The van der Waals surface area contributed by atoms with E-state index in [1.54, 1.807) is 0 Å². The van der Waals surface area contributed by atoms with Crippen LogP contribution in [-0.2, 0) is 12.8 Å². The van der Waals surface area contributed by atoms with E-state index in [1.807, 2.05) is 12.3 Å². The molecule has 3 heterocycles. The van der Waals surface area contributed by atoms with Gasteiger partial charge in [0.05, 0.1) is 28.1 Å². The van der Waals surface area contributed by atoms with Crippen LogP contribution in [0.25, 0.3) is 44.4 Å². The zero-order valence-corrected chi connectivity index (χ0v) is 29.2. The maximum Gasteiger partial charge on any atom is 0.137 e. The maximum atomic E-state index is 6.69. The molecule has 0 N–H and O–H groups in total. The lowest BCUT2D eigenvalue weighted by molar-refractivity contribution is 0.482. The smallest absolute Gasteiger partial charge is 0.137 e. The fourth-order valence-corrected chi connectivity index (χ4v) is 7.35. The fourth-order valence-electron chi connectivity index (χ4n) is 7.35. The summed E-state index contributed by atoms with van der Waals surface area (Å²) in [5.41, 5.74) is 14.5. The summed E-state index contributed by atoms with van der Waals surface area (Å²) in [6.45, 7) is 15.4. The Morgan fingerprint density at radius 2 is 1.42 bits per heavy atom. The van der Waals surface area contributed by atoms with E-state index < -0.39 is 0 Å². The first-order valence-corrected chi connectivity index (χ1v) is 17.2. The van der Waals surface area contributed by atoms with E-state index in [-0.39, 0.29) is 0 Å². The second kappa shape index (κ2) is 12.8. The number of hydrogen-bond acceptors (Lipinski definition) is 3. The number of aromatic nitrogens is 4. The van der Waals surface area contributed by atoms with Crippen LogP contribution in [0, 0.1) is 34.6 Å². The summed E-state index contributed by atoms with van der Waals surface area (Å²) in [7, 11) is 0. The molecule has 0 spiro atoms. The number of benzene rings is 4. The van der Waals surface area contributed by atoms with Crippen molar-refractivity contribution in [3.63, 3.8) is 0 Å². The van der Waals surface area contributed by atoms with Crippen molar-refractivity contribution in [2.75, 3.05) is 0 Å². The van der Waals surface area contributed by atoms with E-state index in [0.29, 0.717) is 0 Å². The topological polar surface area (TPSA) is 44.9 Å². The van der Waals surface area contributed by atoms with E-state index in [2.05, 4.69) is 137 Å². The van der Waals surface area contributed by atoms with Gasteiger partial charge in [-0.3, -0.25) is 4.57 Å². The predicted molar refractivity (Wildman–Crippen MR) is 199 cm³/mol. The summed E-state index contributed by atoms with van der Waals surface area (Å²) in [6.07, 6.45) is 5.93. The van der Waals surface area contributed by atoms with Crippen molar-refractivity contribution < 1.29 is 4.74 Å². The third kappa shape index (κ3) is 5.68. The monoisotopic (exact) mass is 632 g/mol. The summed E-state index contributed by atoms with van der Waals surface area (Å²) >= 11 is 0. The Bertz CT molecular complexity index is 2280. The molecule has 7 rings (SSSR count). The third-order valence-corrected chi connectivity index (χ3v) is 9.37. The van der Waals surface area contributed by atoms with Gasteiger partial charge in [-0.15, -0.1) is 0 Å². The molecule has 48 heavy (non-hydrogen) atoms. The average Bonchev–Trinajstić information content (AvgIpc) is 3.58. The molecule has 0 bridgehead atoms. The van der Waals surface area contributed by atoms with Crippen LogP contribution >= 0.6 is 0 Å². The highest BCUT2D eigenvalue weighted by molar-refractivity contribution is 6.09. The first kappa shape index (κ1) is 31.4. The first-order chi connectivity index (χ1) is 23.2. The number of nitrogens with zero attached hydrogens (tertiary/aromatic N) is 4. The molecule has 0 unspecified atom stereocenters. The van der Waals surface area contributed by atoms with Gasteiger partial charge in [0.2, 0.25) is 0 Å². The van der Waals surface area contributed by atoms with Crippen molar-refractivity contribution in [3.05, 3.63) is 130 Å². The number of fused-ring (bicyclic) bond motifs is 3. The van der Waals surface area contributed by atoms with Crippen LogP contribution in [0.2, 0.25) is 0 Å². The molecule has 0 saturated heterocycles. The lowest BCUT2D eigenvalue weighted by atomic mass is 9.90. The molecule has 5 heteroatoms. The van der Waals surface area contributed by atoms with Crippen molar-refractivity contribution >= 4 is 21.8 Å². The summed E-state index contributed by atoms with van der Waals surface area (Å²) in [5.74, 6) is 2.47. The van der Waals surface area contributed by atoms with Gasteiger partial charge in [-0.1, -0.05) is 56.2 Å². The van der Waals surface area contributed by atoms with Crippen molar-refractivity contribution in [3.8, 4) is 34.1 Å². The van der Waals surface area contributed by atoms with Crippen LogP contribution in [0.5, 0.6) is 11.5 Å². The number of rotatable bonds is 9. The van der Waals surface area contributed by atoms with Crippen molar-refractivity contribution in [1.82, 2.24) is 19.3 Å². The molecule has 0 atom stereocenters. The van der Waals surface area contributed by atoms with Gasteiger partial charge in [0.1, 0.15) is 17.3 Å². The van der Waals surface area contributed by atoms with Crippen molar-refractivity contribution in [2.24, 2.45) is 0 Å². The van der Waals surface area contributed by atoms with Gasteiger partial charge in [-0.05, 0) is 124 Å². The van der Waals surface area contributed by atoms with Crippen molar-refractivity contribution in [2.45, 2.75) is 74.1 Å². The number of aryl methyl sites for hydroxylation is 6. The molecular weight excluding hydrogens is 589 g/mol. The molecule has 0 radical (unpaired) electrons. The molecule has 242 valence electrons. The van der Waals surface area contributed by atoms with Gasteiger partial charge in [-0.2, -0.15) is 5.10 Å². The van der Waals surface area contributed by atoms with E-state index in [1.165, 1.54) is 49.8 Å². The van der Waals surface area contributed by atoms with Gasteiger partial charge in [-0.25, -0.2) is 9.67 Å². The Hall–Kier alpha value is -5.16. The second-order valence-corrected chi connectivity index (χ2v) is 13.2. The largest absolute Gasteiger partial charge is 0.457 e. The van der Waals surface area contributed by atoms with Gasteiger partial charge < -0.3 is 4.74 Å². The predicted octanol–water partition coefficient (Wildman–Crippen LogP) is 11.3. The molecular formula is C43H44N4O. The minimum atomic E-state index is 0.781. The highest BCUT2D eigenvalue weighted by atomic mass is 16.5. The minimum absolute atomic E-state index is 0.781. The molecule has 0 aliphatic heterocycles. The van der Waals surface area contributed by atoms with E-state index >= 15 is 0 Å². The molecule has 0 fully saturated rings. The summed E-state index contributed by atoms with van der Waals surface area (Å²) in [4.78, 5) is 4.75. The summed E-state index contributed by atoms with van der Waals surface area (Å²) in [5, 5.41) is 7.66. The zero-order valence-electron chi connectivity index (χ0n) is 29.2. The maximum absolute atomic E-state index is 6.69. The van der Waals surface area contributed by atoms with E-state index in [0.717, 1.165) is 71.0 Å². The first-order valence-electron chi connectivity index (χ1n) is 17.2. The quantitative estimate of drug-likeness (QED) is 0.159. The number of unbranched alkanes of at least 4 members (excludes halogenated alkanes) is 1. The Labute approximate surface area is 283 Å². The average molecular weight is 633 g/mol. The molecule has 3 aromatic heterocycles. The van der Waals surface area contributed by atoms with E-state index in [9.17, 15) is 0 Å². The molecule has 4 aromatic carbocycles. The Kier molecular flexibility index (Phi) is 8.38. The standard InChI is InChI=1S/C43H44N4O/c1-8-10-14-39-43(42-30(6)20-28(4)21-31(42)7)37(9-2)45-47(39)32-22-29(5)23-34(25-32)48-33-16-17-36-35-13-11-12-15-38(35)46(40(36)26-33)41-24-27(3)18-19-44-41/h11-13,15-26H,8-10,14H2,1-7H3. The van der Waals surface area contributed by atoms with Crippen LogP contribution < -0.4 is 4.74 Å². The van der Waals surface area contributed by atoms with Crippen molar-refractivity contribution in [1.29, 1.82) is 0 Å². The number of pyridine rings is 1. The molecule has 7 aromatic rings. The number of para-hydroxylation sites is 1. The van der Waals surface area contributed by atoms with Crippen LogP contribution in [0.15, 0.2) is 91.1 Å². The van der Waals surface area contributed by atoms with Crippen LogP contribution in [0.1, 0.15) is 65.9 Å². The van der Waals surface area contributed by atoms with Gasteiger partial charge in [0, 0.05) is 34.7 Å². The van der Waals surface area contributed by atoms with Gasteiger partial charge in [0.15, 0.2) is 0 Å². The lowest BCUT2D eigenvalue weighted by Gasteiger charge is -2.16. The number of ether oxygens (including phenoxy) is 1. The molecule has 0 aliphatic rings. The highest BCUT2D eigenvalue weighted by Crippen LogP contribution is 2.38. The van der Waals surface area contributed by atoms with Crippen LogP contribution in [0.4, 0.5) is 0 Å². The van der Waals surface area contributed by atoms with E-state index in [4.69, 9.17) is 14.8 Å². The van der Waals surface area contributed by atoms with Gasteiger partial charge >= 0.3 is 0 Å². The zero-order chi connectivity index (χ0) is 33.5. The summed E-state index contributed by atoms with van der Waals surface area (Å²) in [6, 6.07) is 30.1. The molecule has 0 aliphatic carbocycles. The fraction of sp³-hybridized carbons (Fsp3) is 0.256. The normalized spacial score (nSPS) is 11.6. The van der Waals surface area contributed by atoms with Gasteiger partial charge in [0.25, 0.3) is 0 Å². The summed E-state index contributed by atoms with van der Waals surface area (Å²) < 4.78 is 11.1. The second-order valence-electron chi connectivity index (χ2n) is 13.2. The lowest BCUT2D eigenvalue weighted by Crippen LogP contribution is -2.05. The SMILES string of the molecule is CCCCc1c(-c2c(C)cc(C)cc2C)c(CC)nn1-c1cc(C)cc(Oc2ccc3c4ccccc4n(-c4cc(C)ccn4)c3c2)c1. The molecule has 0 amide bonds. The molecule has 0 saturated carbocycles.